The van der Waals surface area contributed by atoms with Crippen molar-refractivity contribution in [3.63, 3.8) is 0 Å². The minimum atomic E-state index is 0.465. The van der Waals surface area contributed by atoms with E-state index in [9.17, 15) is 0 Å². The van der Waals surface area contributed by atoms with Crippen molar-refractivity contribution in [2.75, 3.05) is 12.4 Å². The second-order valence-electron chi connectivity index (χ2n) is 4.39. The Labute approximate surface area is 117 Å². The van der Waals surface area contributed by atoms with Gasteiger partial charge < -0.3 is 10.1 Å². The Hall–Kier alpha value is -1.62. The van der Waals surface area contributed by atoms with Gasteiger partial charge in [-0.25, -0.2) is 0 Å². The maximum absolute atomic E-state index is 5.88. The number of hydrogen-bond donors (Lipinski definition) is 1. The van der Waals surface area contributed by atoms with E-state index < -0.39 is 0 Å². The first kappa shape index (κ1) is 13.8. The molecule has 1 atom stereocenters. The van der Waals surface area contributed by atoms with Gasteiger partial charge in [0.15, 0.2) is 5.01 Å². The van der Waals surface area contributed by atoms with Crippen LogP contribution in [-0.4, -0.2) is 17.2 Å². The van der Waals surface area contributed by atoms with Crippen molar-refractivity contribution in [2.24, 2.45) is 0 Å². The zero-order valence-electron chi connectivity index (χ0n) is 11.5. The second-order valence-corrected chi connectivity index (χ2v) is 5.45. The molecule has 0 saturated carbocycles. The highest BCUT2D eigenvalue weighted by atomic mass is 32.1. The molecule has 1 N–H and O–H groups in total. The minimum Gasteiger partial charge on any atom is -0.486 e. The highest BCUT2D eigenvalue weighted by molar-refractivity contribution is 7.15. The van der Waals surface area contributed by atoms with Gasteiger partial charge >= 0.3 is 0 Å². The summed E-state index contributed by atoms with van der Waals surface area (Å²) in [5, 5.41) is 12.7. The largest absolute Gasteiger partial charge is 0.486 e. The molecule has 0 aliphatic carbocycles. The Bertz CT molecular complexity index is 527. The SMILES string of the molecule is CCC(C)c1ccccc1OCc1nnc(NC)s1. The monoisotopic (exact) mass is 277 g/mol. The lowest BCUT2D eigenvalue weighted by atomic mass is 9.98. The molecule has 2 aromatic rings. The quantitative estimate of drug-likeness (QED) is 0.875. The molecule has 0 fully saturated rings. The van der Waals surface area contributed by atoms with Crippen LogP contribution < -0.4 is 10.1 Å². The summed E-state index contributed by atoms with van der Waals surface area (Å²) in [7, 11) is 1.84. The molecule has 1 aromatic heterocycles. The number of hydrogen-bond acceptors (Lipinski definition) is 5. The number of rotatable bonds is 6. The van der Waals surface area contributed by atoms with Crippen LogP contribution in [0.3, 0.4) is 0 Å². The third-order valence-corrected chi connectivity index (χ3v) is 4.01. The van der Waals surface area contributed by atoms with Gasteiger partial charge in [0.25, 0.3) is 0 Å². The van der Waals surface area contributed by atoms with Gasteiger partial charge in [-0.3, -0.25) is 0 Å². The van der Waals surface area contributed by atoms with Crippen LogP contribution >= 0.6 is 11.3 Å². The predicted octanol–water partition coefficient (Wildman–Crippen LogP) is 3.67. The Balaban J connectivity index is 2.06. The van der Waals surface area contributed by atoms with E-state index in [0.717, 1.165) is 22.3 Å². The molecule has 1 unspecified atom stereocenters. The molecule has 0 spiro atoms. The van der Waals surface area contributed by atoms with Crippen LogP contribution in [0.4, 0.5) is 5.13 Å². The van der Waals surface area contributed by atoms with E-state index in [-0.39, 0.29) is 0 Å². The molecule has 0 aliphatic rings. The maximum atomic E-state index is 5.88. The van der Waals surface area contributed by atoms with Crippen LogP contribution in [0.15, 0.2) is 24.3 Å². The van der Waals surface area contributed by atoms with Crippen LogP contribution in [0.5, 0.6) is 5.75 Å². The van der Waals surface area contributed by atoms with Crippen molar-refractivity contribution in [1.29, 1.82) is 0 Å². The molecular weight excluding hydrogens is 258 g/mol. The zero-order valence-corrected chi connectivity index (χ0v) is 12.3. The van der Waals surface area contributed by atoms with Gasteiger partial charge in [0.05, 0.1) is 0 Å². The lowest BCUT2D eigenvalue weighted by Crippen LogP contribution is -2.00. The van der Waals surface area contributed by atoms with Crippen molar-refractivity contribution in [1.82, 2.24) is 10.2 Å². The van der Waals surface area contributed by atoms with E-state index >= 15 is 0 Å². The van der Waals surface area contributed by atoms with Crippen LogP contribution in [0.1, 0.15) is 36.8 Å². The third kappa shape index (κ3) is 3.44. The van der Waals surface area contributed by atoms with Gasteiger partial charge in [0.2, 0.25) is 5.13 Å². The Morgan fingerprint density at radius 1 is 1.32 bits per heavy atom. The smallest absolute Gasteiger partial charge is 0.205 e. The maximum Gasteiger partial charge on any atom is 0.205 e. The summed E-state index contributed by atoms with van der Waals surface area (Å²) in [5.41, 5.74) is 1.25. The fourth-order valence-corrected chi connectivity index (χ4v) is 2.40. The first-order chi connectivity index (χ1) is 9.24. The normalized spacial score (nSPS) is 12.2. The van der Waals surface area contributed by atoms with Gasteiger partial charge in [-0.2, -0.15) is 0 Å². The average Bonchev–Trinajstić information content (AvgIpc) is 2.92. The molecule has 0 aliphatic heterocycles. The highest BCUT2D eigenvalue weighted by Crippen LogP contribution is 2.29. The van der Waals surface area contributed by atoms with E-state index in [1.165, 1.54) is 16.9 Å². The molecule has 1 heterocycles. The molecule has 2 rings (SSSR count). The number of benzene rings is 1. The highest BCUT2D eigenvalue weighted by Gasteiger charge is 2.10. The van der Waals surface area contributed by atoms with Crippen LogP contribution in [0.2, 0.25) is 0 Å². The van der Waals surface area contributed by atoms with Crippen molar-refractivity contribution >= 4 is 16.5 Å². The molecular formula is C14H19N3OS. The Morgan fingerprint density at radius 3 is 2.79 bits per heavy atom. The number of para-hydroxylation sites is 1. The molecule has 0 saturated heterocycles. The van der Waals surface area contributed by atoms with E-state index in [2.05, 4.69) is 41.5 Å². The molecule has 19 heavy (non-hydrogen) atoms. The lowest BCUT2D eigenvalue weighted by molar-refractivity contribution is 0.299. The van der Waals surface area contributed by atoms with Crippen molar-refractivity contribution in [3.8, 4) is 5.75 Å². The van der Waals surface area contributed by atoms with E-state index in [0.29, 0.717) is 12.5 Å². The van der Waals surface area contributed by atoms with Crippen LogP contribution in [0, 0.1) is 0 Å². The third-order valence-electron chi connectivity index (χ3n) is 3.09. The number of aromatic nitrogens is 2. The average molecular weight is 277 g/mol. The number of nitrogens with one attached hydrogen (secondary N) is 1. The Kier molecular flexibility index (Phi) is 4.74. The van der Waals surface area contributed by atoms with E-state index in [1.807, 2.05) is 19.2 Å². The van der Waals surface area contributed by atoms with Gasteiger partial charge in [0.1, 0.15) is 12.4 Å². The fourth-order valence-electron chi connectivity index (χ4n) is 1.79. The molecule has 0 radical (unpaired) electrons. The second kappa shape index (κ2) is 6.52. The standard InChI is InChI=1S/C14H19N3OS/c1-4-10(2)11-7-5-6-8-12(11)18-9-13-16-17-14(15-3)19-13/h5-8,10H,4,9H2,1-3H3,(H,15,17). The lowest BCUT2D eigenvalue weighted by Gasteiger charge is -2.14. The molecule has 5 heteroatoms. The van der Waals surface area contributed by atoms with Gasteiger partial charge in [-0.05, 0) is 24.0 Å². The van der Waals surface area contributed by atoms with Gasteiger partial charge in [-0.1, -0.05) is 43.4 Å². The summed E-state index contributed by atoms with van der Waals surface area (Å²) in [6.45, 7) is 4.87. The zero-order chi connectivity index (χ0) is 13.7. The topological polar surface area (TPSA) is 47.0 Å². The van der Waals surface area contributed by atoms with Crippen molar-refractivity contribution in [3.05, 3.63) is 34.8 Å². The van der Waals surface area contributed by atoms with Crippen molar-refractivity contribution in [2.45, 2.75) is 32.8 Å². The van der Waals surface area contributed by atoms with E-state index in [4.69, 9.17) is 4.74 Å². The summed E-state index contributed by atoms with van der Waals surface area (Å²) in [4.78, 5) is 0. The molecule has 1 aromatic carbocycles. The van der Waals surface area contributed by atoms with Crippen molar-refractivity contribution < 1.29 is 4.74 Å². The summed E-state index contributed by atoms with van der Waals surface area (Å²) < 4.78 is 5.88. The predicted molar refractivity (Wildman–Crippen MR) is 78.9 cm³/mol. The first-order valence-corrected chi connectivity index (χ1v) is 7.28. The van der Waals surface area contributed by atoms with Gasteiger partial charge in [-0.15, -0.1) is 10.2 Å². The summed E-state index contributed by atoms with van der Waals surface area (Å²) in [6.07, 6.45) is 1.10. The number of nitrogens with zero attached hydrogens (tertiary/aromatic N) is 2. The first-order valence-electron chi connectivity index (χ1n) is 6.46. The summed E-state index contributed by atoms with van der Waals surface area (Å²) in [5.74, 6) is 1.44. The van der Waals surface area contributed by atoms with Crippen LogP contribution in [-0.2, 0) is 6.61 Å². The summed E-state index contributed by atoms with van der Waals surface area (Å²) >= 11 is 1.51. The minimum absolute atomic E-state index is 0.465. The van der Waals surface area contributed by atoms with Crippen LogP contribution in [0.25, 0.3) is 0 Å². The Morgan fingerprint density at radius 2 is 2.11 bits per heavy atom. The number of anilines is 1. The number of ether oxygens (including phenoxy) is 1. The molecule has 0 amide bonds. The molecule has 4 nitrogen and oxygen atoms in total. The molecule has 102 valence electrons. The van der Waals surface area contributed by atoms with Gasteiger partial charge in [0, 0.05) is 7.05 Å². The molecule has 0 bridgehead atoms. The van der Waals surface area contributed by atoms with E-state index in [1.54, 1.807) is 0 Å². The summed E-state index contributed by atoms with van der Waals surface area (Å²) in [6, 6.07) is 8.20. The fraction of sp³-hybridized carbons (Fsp3) is 0.429.